The third kappa shape index (κ3) is 2.24. The van der Waals surface area contributed by atoms with E-state index in [1.165, 1.54) is 26.4 Å². The summed E-state index contributed by atoms with van der Waals surface area (Å²) in [6.45, 7) is 4.27. The molecule has 0 atom stereocenters. The lowest BCUT2D eigenvalue weighted by atomic mass is 10.0. The average molecular weight is 237 g/mol. The lowest BCUT2D eigenvalue weighted by Gasteiger charge is -2.00. The summed E-state index contributed by atoms with van der Waals surface area (Å²) < 4.78 is 0. The molecule has 1 aromatic heterocycles. The molecule has 2 heteroatoms. The van der Waals surface area contributed by atoms with Crippen LogP contribution >= 0.6 is 22.9 Å². The zero-order valence-electron chi connectivity index (χ0n) is 8.88. The van der Waals surface area contributed by atoms with Gasteiger partial charge in [0.05, 0.1) is 5.88 Å². The maximum atomic E-state index is 5.84. The lowest BCUT2D eigenvalue weighted by molar-refractivity contribution is 1.46. The van der Waals surface area contributed by atoms with E-state index in [1.54, 1.807) is 11.3 Å². The van der Waals surface area contributed by atoms with E-state index in [4.69, 9.17) is 11.6 Å². The summed E-state index contributed by atoms with van der Waals surface area (Å²) in [5, 5.41) is 0. The quantitative estimate of drug-likeness (QED) is 0.659. The van der Waals surface area contributed by atoms with Gasteiger partial charge >= 0.3 is 0 Å². The minimum absolute atomic E-state index is 0.608. The fourth-order valence-corrected chi connectivity index (χ4v) is 2.86. The van der Waals surface area contributed by atoms with Crippen LogP contribution in [0.5, 0.6) is 0 Å². The van der Waals surface area contributed by atoms with Gasteiger partial charge in [-0.3, -0.25) is 0 Å². The molecular weight excluding hydrogens is 224 g/mol. The van der Waals surface area contributed by atoms with Gasteiger partial charge in [-0.25, -0.2) is 0 Å². The van der Waals surface area contributed by atoms with E-state index in [2.05, 4.69) is 44.2 Å². The standard InChI is InChI=1S/C13H13ClS/c1-9-4-3-5-11(6-9)13-7-12(8-14)15-10(13)2/h3-7H,8H2,1-2H3. The Bertz CT molecular complexity index is 471. The van der Waals surface area contributed by atoms with E-state index in [9.17, 15) is 0 Å². The van der Waals surface area contributed by atoms with Gasteiger partial charge in [0.25, 0.3) is 0 Å². The van der Waals surface area contributed by atoms with Gasteiger partial charge in [-0.15, -0.1) is 22.9 Å². The third-order valence-electron chi connectivity index (χ3n) is 2.43. The molecule has 0 unspecified atom stereocenters. The largest absolute Gasteiger partial charge is 0.144 e. The van der Waals surface area contributed by atoms with Gasteiger partial charge in [-0.1, -0.05) is 29.8 Å². The predicted octanol–water partition coefficient (Wildman–Crippen LogP) is 4.77. The minimum atomic E-state index is 0.608. The molecule has 1 heterocycles. The van der Waals surface area contributed by atoms with Gasteiger partial charge in [0.15, 0.2) is 0 Å². The van der Waals surface area contributed by atoms with Gasteiger partial charge < -0.3 is 0 Å². The number of hydrogen-bond donors (Lipinski definition) is 0. The summed E-state index contributed by atoms with van der Waals surface area (Å²) >= 11 is 7.62. The summed E-state index contributed by atoms with van der Waals surface area (Å²) in [6.07, 6.45) is 0. The zero-order chi connectivity index (χ0) is 10.8. The Kier molecular flexibility index (Phi) is 3.13. The Hall–Kier alpha value is -0.790. The molecule has 0 fully saturated rings. The van der Waals surface area contributed by atoms with Crippen molar-refractivity contribution in [2.45, 2.75) is 19.7 Å². The van der Waals surface area contributed by atoms with Gasteiger partial charge in [0.1, 0.15) is 0 Å². The molecule has 15 heavy (non-hydrogen) atoms. The van der Waals surface area contributed by atoms with Crippen molar-refractivity contribution in [3.05, 3.63) is 45.6 Å². The highest BCUT2D eigenvalue weighted by Gasteiger charge is 2.06. The first-order chi connectivity index (χ1) is 7.20. The van der Waals surface area contributed by atoms with Crippen LogP contribution in [0.3, 0.4) is 0 Å². The van der Waals surface area contributed by atoms with E-state index in [0.29, 0.717) is 5.88 Å². The molecule has 0 bridgehead atoms. The second-order valence-electron chi connectivity index (χ2n) is 3.69. The van der Waals surface area contributed by atoms with Crippen molar-refractivity contribution in [1.82, 2.24) is 0 Å². The van der Waals surface area contributed by atoms with Gasteiger partial charge in [0, 0.05) is 9.75 Å². The number of alkyl halides is 1. The van der Waals surface area contributed by atoms with Crippen molar-refractivity contribution in [1.29, 1.82) is 0 Å². The van der Waals surface area contributed by atoms with E-state index in [1.807, 2.05) is 0 Å². The molecule has 1 aromatic carbocycles. The first-order valence-electron chi connectivity index (χ1n) is 4.93. The average Bonchev–Trinajstić information content (AvgIpc) is 2.60. The van der Waals surface area contributed by atoms with E-state index >= 15 is 0 Å². The van der Waals surface area contributed by atoms with Crippen LogP contribution < -0.4 is 0 Å². The Morgan fingerprint density at radius 3 is 2.60 bits per heavy atom. The molecule has 78 valence electrons. The fraction of sp³-hybridized carbons (Fsp3) is 0.231. The number of hydrogen-bond acceptors (Lipinski definition) is 1. The Morgan fingerprint density at radius 1 is 1.20 bits per heavy atom. The topological polar surface area (TPSA) is 0 Å². The normalized spacial score (nSPS) is 10.6. The molecule has 2 aromatic rings. The molecule has 0 aliphatic heterocycles. The first-order valence-corrected chi connectivity index (χ1v) is 6.28. The first kappa shape index (κ1) is 10.7. The molecule has 0 nitrogen and oxygen atoms in total. The monoisotopic (exact) mass is 236 g/mol. The van der Waals surface area contributed by atoms with Crippen LogP contribution in [-0.4, -0.2) is 0 Å². The molecular formula is C13H13ClS. The number of aryl methyl sites for hydroxylation is 2. The van der Waals surface area contributed by atoms with Gasteiger partial charge in [-0.05, 0) is 31.0 Å². The van der Waals surface area contributed by atoms with Crippen LogP contribution in [0, 0.1) is 13.8 Å². The molecule has 0 N–H and O–H groups in total. The Balaban J connectivity index is 2.48. The predicted molar refractivity (Wildman–Crippen MR) is 68.8 cm³/mol. The van der Waals surface area contributed by atoms with Crippen LogP contribution in [0.15, 0.2) is 30.3 Å². The number of rotatable bonds is 2. The molecule has 0 aliphatic rings. The summed E-state index contributed by atoms with van der Waals surface area (Å²) in [4.78, 5) is 2.59. The maximum Gasteiger partial charge on any atom is 0.0568 e. The van der Waals surface area contributed by atoms with Crippen LogP contribution in [0.25, 0.3) is 11.1 Å². The van der Waals surface area contributed by atoms with Gasteiger partial charge in [-0.2, -0.15) is 0 Å². The summed E-state index contributed by atoms with van der Waals surface area (Å²) in [7, 11) is 0. The van der Waals surface area contributed by atoms with Crippen LogP contribution in [0.1, 0.15) is 15.3 Å². The number of benzene rings is 1. The van der Waals surface area contributed by atoms with Gasteiger partial charge in [0.2, 0.25) is 0 Å². The molecule has 0 radical (unpaired) electrons. The second kappa shape index (κ2) is 4.38. The third-order valence-corrected chi connectivity index (χ3v) is 3.93. The highest BCUT2D eigenvalue weighted by atomic mass is 35.5. The SMILES string of the molecule is Cc1cccc(-c2cc(CCl)sc2C)c1. The minimum Gasteiger partial charge on any atom is -0.144 e. The molecule has 0 saturated heterocycles. The molecule has 0 spiro atoms. The second-order valence-corrected chi connectivity index (χ2v) is 5.29. The summed E-state index contributed by atoms with van der Waals surface area (Å²) in [6, 6.07) is 10.8. The van der Waals surface area contributed by atoms with Crippen LogP contribution in [0.4, 0.5) is 0 Å². The molecule has 0 amide bonds. The zero-order valence-corrected chi connectivity index (χ0v) is 10.5. The smallest absolute Gasteiger partial charge is 0.0568 e. The van der Waals surface area contributed by atoms with Crippen molar-refractivity contribution in [3.8, 4) is 11.1 Å². The van der Waals surface area contributed by atoms with Crippen molar-refractivity contribution in [2.24, 2.45) is 0 Å². The summed E-state index contributed by atoms with van der Waals surface area (Å²) in [5.74, 6) is 0.608. The molecule has 0 saturated carbocycles. The highest BCUT2D eigenvalue weighted by Crippen LogP contribution is 2.31. The summed E-state index contributed by atoms with van der Waals surface area (Å²) in [5.41, 5.74) is 3.91. The molecule has 2 rings (SSSR count). The van der Waals surface area contributed by atoms with Crippen LogP contribution in [0.2, 0.25) is 0 Å². The maximum absolute atomic E-state index is 5.84. The van der Waals surface area contributed by atoms with Crippen molar-refractivity contribution >= 4 is 22.9 Å². The molecule has 0 aliphatic carbocycles. The van der Waals surface area contributed by atoms with Crippen LogP contribution in [-0.2, 0) is 5.88 Å². The van der Waals surface area contributed by atoms with Crippen molar-refractivity contribution in [2.75, 3.05) is 0 Å². The fourth-order valence-electron chi connectivity index (χ4n) is 1.71. The van der Waals surface area contributed by atoms with E-state index in [-0.39, 0.29) is 0 Å². The van der Waals surface area contributed by atoms with E-state index < -0.39 is 0 Å². The van der Waals surface area contributed by atoms with E-state index in [0.717, 1.165) is 0 Å². The lowest BCUT2D eigenvalue weighted by Crippen LogP contribution is -1.78. The highest BCUT2D eigenvalue weighted by molar-refractivity contribution is 7.12. The Morgan fingerprint density at radius 2 is 2.00 bits per heavy atom. The van der Waals surface area contributed by atoms with Crippen molar-refractivity contribution < 1.29 is 0 Å². The number of thiophene rings is 1. The Labute approximate surface area is 99.5 Å². The van der Waals surface area contributed by atoms with Crippen molar-refractivity contribution in [3.63, 3.8) is 0 Å². The number of halogens is 1.